The van der Waals surface area contributed by atoms with Crippen LogP contribution in [0.3, 0.4) is 0 Å². The molecule has 1 aliphatic rings. The van der Waals surface area contributed by atoms with E-state index in [4.69, 9.17) is 9.47 Å². The lowest BCUT2D eigenvalue weighted by molar-refractivity contribution is 0.0513. The van der Waals surface area contributed by atoms with Gasteiger partial charge in [-0.2, -0.15) is 0 Å². The molecule has 0 unspecified atom stereocenters. The lowest BCUT2D eigenvalue weighted by Gasteiger charge is -2.35. The molecule has 0 aromatic heterocycles. The Morgan fingerprint density at radius 1 is 0.638 bits per heavy atom. The van der Waals surface area contributed by atoms with Gasteiger partial charge in [0.15, 0.2) is 0 Å². The van der Waals surface area contributed by atoms with E-state index < -0.39 is 17.4 Å². The third-order valence-corrected chi connectivity index (χ3v) is 9.70. The minimum absolute atomic E-state index is 0.0269. The molecule has 0 radical (unpaired) electrons. The van der Waals surface area contributed by atoms with Crippen LogP contribution in [0.5, 0.6) is 11.5 Å². The lowest BCUT2D eigenvalue weighted by Crippen LogP contribution is -2.29. The van der Waals surface area contributed by atoms with Gasteiger partial charge in [-0.25, -0.2) is 9.59 Å². The average molecular weight is 692 g/mol. The van der Waals surface area contributed by atoms with Gasteiger partial charge in [0.25, 0.3) is 0 Å². The summed E-state index contributed by atoms with van der Waals surface area (Å²) < 4.78 is 11.5. The highest BCUT2D eigenvalue weighted by Crippen LogP contribution is 2.58. The zero-order chi connectivity index (χ0) is 33.6. The van der Waals surface area contributed by atoms with Crippen LogP contribution in [-0.2, 0) is 14.9 Å². The molecule has 6 rings (SSSR count). The van der Waals surface area contributed by atoms with E-state index in [-0.39, 0.29) is 35.8 Å². The van der Waals surface area contributed by atoms with Gasteiger partial charge in [0.05, 0.1) is 18.6 Å². The SMILES string of the molecule is CCOC(=O)c1cc(C2(c3ccc(O)c(C(=O)OCC)c3)c3cc(Br)ccc3-c3ccc(-c4cc(C)c(C)c(C)c4)cc32)ccc1O. The highest BCUT2D eigenvalue weighted by atomic mass is 79.9. The number of ether oxygens (including phenoxy) is 2. The first kappa shape index (κ1) is 32.1. The van der Waals surface area contributed by atoms with Crippen molar-refractivity contribution in [1.29, 1.82) is 0 Å². The smallest absolute Gasteiger partial charge is 0.341 e. The number of fused-ring (bicyclic) bond motifs is 3. The molecule has 0 saturated heterocycles. The van der Waals surface area contributed by atoms with Crippen molar-refractivity contribution in [3.8, 4) is 33.8 Å². The standard InChI is InChI=1S/C40H35BrO6/c1-6-46-38(44)32-19-27(9-14-36(32)42)40(28-10-15-37(43)33(20-28)39(45)47-7-2)34-18-25(26-16-22(3)24(5)23(4)17-26)8-12-30(34)31-13-11-29(41)21-35(31)40/h8-21,42-43H,6-7H2,1-5H3. The van der Waals surface area contributed by atoms with E-state index in [1.54, 1.807) is 38.1 Å². The molecular formula is C40H35BrO6. The third kappa shape index (κ3) is 5.28. The maximum absolute atomic E-state index is 13.1. The van der Waals surface area contributed by atoms with Crippen molar-refractivity contribution in [3.05, 3.63) is 139 Å². The third-order valence-electron chi connectivity index (χ3n) is 9.21. The number of carbonyl (C=O) groups is 2. The molecule has 0 saturated carbocycles. The summed E-state index contributed by atoms with van der Waals surface area (Å²) in [7, 11) is 0. The summed E-state index contributed by atoms with van der Waals surface area (Å²) in [4.78, 5) is 26.3. The fraction of sp³-hybridized carbons (Fsp3) is 0.200. The Morgan fingerprint density at radius 2 is 1.13 bits per heavy atom. The fourth-order valence-corrected chi connectivity index (χ4v) is 7.11. The number of phenols is 2. The largest absolute Gasteiger partial charge is 0.507 e. The van der Waals surface area contributed by atoms with E-state index in [1.165, 1.54) is 28.8 Å². The lowest BCUT2D eigenvalue weighted by atomic mass is 9.67. The van der Waals surface area contributed by atoms with Crippen LogP contribution in [0.2, 0.25) is 0 Å². The van der Waals surface area contributed by atoms with E-state index in [0.29, 0.717) is 11.1 Å². The van der Waals surface area contributed by atoms with Crippen LogP contribution in [0.25, 0.3) is 22.3 Å². The molecule has 0 spiro atoms. The van der Waals surface area contributed by atoms with Gasteiger partial charge in [-0.15, -0.1) is 0 Å². The Morgan fingerprint density at radius 3 is 1.64 bits per heavy atom. The van der Waals surface area contributed by atoms with Crippen molar-refractivity contribution >= 4 is 27.9 Å². The minimum atomic E-state index is -1.09. The summed E-state index contributed by atoms with van der Waals surface area (Å²) in [5, 5.41) is 21.7. The minimum Gasteiger partial charge on any atom is -0.507 e. The van der Waals surface area contributed by atoms with Crippen molar-refractivity contribution in [3.63, 3.8) is 0 Å². The number of esters is 2. The van der Waals surface area contributed by atoms with Gasteiger partial charge < -0.3 is 19.7 Å². The molecule has 2 N–H and O–H groups in total. The van der Waals surface area contributed by atoms with Crippen LogP contribution in [0, 0.1) is 20.8 Å². The highest BCUT2D eigenvalue weighted by molar-refractivity contribution is 9.10. The maximum atomic E-state index is 13.1. The molecule has 0 atom stereocenters. The molecule has 0 amide bonds. The number of hydrogen-bond acceptors (Lipinski definition) is 6. The molecule has 1 aliphatic carbocycles. The second-order valence-corrected chi connectivity index (χ2v) is 12.8. The van der Waals surface area contributed by atoms with E-state index in [9.17, 15) is 19.8 Å². The monoisotopic (exact) mass is 690 g/mol. The Balaban J connectivity index is 1.75. The number of benzene rings is 5. The molecular weight excluding hydrogens is 656 g/mol. The molecule has 238 valence electrons. The average Bonchev–Trinajstić information content (AvgIpc) is 3.33. The molecule has 0 heterocycles. The second kappa shape index (κ2) is 12.4. The topological polar surface area (TPSA) is 93.1 Å². The molecule has 5 aromatic carbocycles. The summed E-state index contributed by atoms with van der Waals surface area (Å²) in [6.45, 7) is 10.1. The van der Waals surface area contributed by atoms with Gasteiger partial charge in [-0.05, 0) is 138 Å². The molecule has 0 aliphatic heterocycles. The summed E-state index contributed by atoms with van der Waals surface area (Å²) in [6.07, 6.45) is 0. The van der Waals surface area contributed by atoms with Crippen LogP contribution in [-0.4, -0.2) is 35.4 Å². The molecule has 5 aromatic rings. The first-order valence-corrected chi connectivity index (χ1v) is 16.3. The van der Waals surface area contributed by atoms with Gasteiger partial charge in [0.2, 0.25) is 0 Å². The van der Waals surface area contributed by atoms with E-state index in [2.05, 4.69) is 73.1 Å². The Kier molecular flexibility index (Phi) is 8.45. The van der Waals surface area contributed by atoms with Gasteiger partial charge in [-0.3, -0.25) is 0 Å². The van der Waals surface area contributed by atoms with E-state index in [0.717, 1.165) is 37.9 Å². The number of hydrogen-bond donors (Lipinski definition) is 2. The van der Waals surface area contributed by atoms with Crippen LogP contribution in [0.4, 0.5) is 0 Å². The Bertz CT molecular complexity index is 1990. The number of aromatic hydroxyl groups is 2. The normalized spacial score (nSPS) is 12.7. The van der Waals surface area contributed by atoms with Crippen molar-refractivity contribution in [1.82, 2.24) is 0 Å². The first-order chi connectivity index (χ1) is 22.5. The van der Waals surface area contributed by atoms with Crippen LogP contribution < -0.4 is 0 Å². The van der Waals surface area contributed by atoms with Gasteiger partial charge in [0, 0.05) is 4.47 Å². The molecule has 0 fully saturated rings. The van der Waals surface area contributed by atoms with E-state index >= 15 is 0 Å². The van der Waals surface area contributed by atoms with Crippen molar-refractivity contribution < 1.29 is 29.3 Å². The van der Waals surface area contributed by atoms with Gasteiger partial charge in [0.1, 0.15) is 22.6 Å². The summed E-state index contributed by atoms with van der Waals surface area (Å²) >= 11 is 3.69. The zero-order valence-electron chi connectivity index (χ0n) is 26.9. The number of phenolic OH excluding ortho intramolecular Hbond substituents is 2. The molecule has 47 heavy (non-hydrogen) atoms. The van der Waals surface area contributed by atoms with E-state index in [1.807, 2.05) is 12.1 Å². The highest BCUT2D eigenvalue weighted by Gasteiger charge is 2.47. The molecule has 6 nitrogen and oxygen atoms in total. The predicted octanol–water partition coefficient (Wildman–Crippen LogP) is 9.17. The van der Waals surface area contributed by atoms with Crippen LogP contribution in [0.1, 0.15) is 73.5 Å². The summed E-state index contributed by atoms with van der Waals surface area (Å²) in [5.74, 6) is -1.70. The fourth-order valence-electron chi connectivity index (χ4n) is 6.75. The molecule has 0 bridgehead atoms. The summed E-state index contributed by atoms with van der Waals surface area (Å²) in [6, 6.07) is 26.8. The van der Waals surface area contributed by atoms with Crippen LogP contribution in [0.15, 0.2) is 89.4 Å². The molecule has 7 heteroatoms. The van der Waals surface area contributed by atoms with Gasteiger partial charge in [-0.1, -0.05) is 58.4 Å². The second-order valence-electron chi connectivity index (χ2n) is 11.8. The number of rotatable bonds is 7. The number of carbonyl (C=O) groups excluding carboxylic acids is 2. The zero-order valence-corrected chi connectivity index (χ0v) is 28.5. The Hall–Kier alpha value is -4.88. The van der Waals surface area contributed by atoms with Crippen molar-refractivity contribution in [2.24, 2.45) is 0 Å². The number of aryl methyl sites for hydroxylation is 2. The van der Waals surface area contributed by atoms with Gasteiger partial charge >= 0.3 is 11.9 Å². The van der Waals surface area contributed by atoms with Crippen molar-refractivity contribution in [2.45, 2.75) is 40.0 Å². The number of halogens is 1. The van der Waals surface area contributed by atoms with Crippen molar-refractivity contribution in [2.75, 3.05) is 13.2 Å². The maximum Gasteiger partial charge on any atom is 0.341 e. The van der Waals surface area contributed by atoms with Crippen LogP contribution >= 0.6 is 15.9 Å². The summed E-state index contributed by atoms with van der Waals surface area (Å²) in [5.41, 5.74) is 9.76. The quantitative estimate of drug-likeness (QED) is 0.162. The Labute approximate surface area is 282 Å². The predicted molar refractivity (Wildman–Crippen MR) is 186 cm³/mol. The first-order valence-electron chi connectivity index (χ1n) is 15.6.